The van der Waals surface area contributed by atoms with Crippen molar-refractivity contribution in [1.29, 1.82) is 0 Å². The molecular formula is C21H32N4O3. The molecule has 1 fully saturated rings. The van der Waals surface area contributed by atoms with Gasteiger partial charge >= 0.3 is 0 Å². The van der Waals surface area contributed by atoms with Gasteiger partial charge in [-0.15, -0.1) is 0 Å². The molecule has 0 N–H and O–H groups in total. The maximum absolute atomic E-state index is 5.54. The van der Waals surface area contributed by atoms with E-state index in [9.17, 15) is 0 Å². The van der Waals surface area contributed by atoms with E-state index in [4.69, 9.17) is 14.0 Å². The van der Waals surface area contributed by atoms with Gasteiger partial charge in [-0.2, -0.15) is 4.98 Å². The van der Waals surface area contributed by atoms with Crippen LogP contribution >= 0.6 is 0 Å². The first-order chi connectivity index (χ1) is 13.3. The third-order valence-corrected chi connectivity index (χ3v) is 5.31. The van der Waals surface area contributed by atoms with Gasteiger partial charge in [0.15, 0.2) is 5.82 Å². The second kappa shape index (κ2) is 8.49. The molecule has 2 heterocycles. The SMILES string of the molecule is COc1ccc(OC)c(CN2CCN(C(C)c3nc(C(C)(C)C)no3)CC2)c1. The van der Waals surface area contributed by atoms with E-state index < -0.39 is 0 Å². The predicted octanol–water partition coefficient (Wildman–Crippen LogP) is 3.26. The van der Waals surface area contributed by atoms with Crippen LogP contribution in [0.4, 0.5) is 0 Å². The minimum absolute atomic E-state index is 0.101. The molecule has 0 aliphatic carbocycles. The van der Waals surface area contributed by atoms with Gasteiger partial charge < -0.3 is 14.0 Å². The summed E-state index contributed by atoms with van der Waals surface area (Å²) in [6.45, 7) is 13.1. The molecule has 1 atom stereocenters. The Morgan fingerprint density at radius 3 is 2.39 bits per heavy atom. The Morgan fingerprint density at radius 1 is 1.11 bits per heavy atom. The van der Waals surface area contributed by atoms with Crippen molar-refractivity contribution in [3.63, 3.8) is 0 Å². The number of rotatable bonds is 6. The molecule has 3 rings (SSSR count). The summed E-state index contributed by atoms with van der Waals surface area (Å²) in [6.07, 6.45) is 0. The average molecular weight is 389 g/mol. The first-order valence-electron chi connectivity index (χ1n) is 9.83. The molecule has 1 aliphatic rings. The Balaban J connectivity index is 1.59. The highest BCUT2D eigenvalue weighted by atomic mass is 16.5. The molecule has 1 saturated heterocycles. The molecule has 1 aromatic heterocycles. The second-order valence-electron chi connectivity index (χ2n) is 8.37. The molecule has 28 heavy (non-hydrogen) atoms. The minimum atomic E-state index is -0.101. The summed E-state index contributed by atoms with van der Waals surface area (Å²) in [7, 11) is 3.40. The van der Waals surface area contributed by atoms with Crippen LogP contribution in [0.5, 0.6) is 11.5 Å². The van der Waals surface area contributed by atoms with Crippen LogP contribution in [0.2, 0.25) is 0 Å². The number of hydrogen-bond acceptors (Lipinski definition) is 7. The Morgan fingerprint density at radius 2 is 1.82 bits per heavy atom. The lowest BCUT2D eigenvalue weighted by Gasteiger charge is -2.37. The summed E-state index contributed by atoms with van der Waals surface area (Å²) < 4.78 is 16.4. The Hall–Kier alpha value is -2.12. The Kier molecular flexibility index (Phi) is 6.25. The van der Waals surface area contributed by atoms with Crippen molar-refractivity contribution in [3.8, 4) is 11.5 Å². The van der Waals surface area contributed by atoms with E-state index in [-0.39, 0.29) is 11.5 Å². The van der Waals surface area contributed by atoms with Gasteiger partial charge in [0.25, 0.3) is 0 Å². The zero-order chi connectivity index (χ0) is 20.3. The maximum atomic E-state index is 5.54. The van der Waals surface area contributed by atoms with Crippen molar-refractivity contribution in [1.82, 2.24) is 19.9 Å². The molecular weight excluding hydrogens is 356 g/mol. The van der Waals surface area contributed by atoms with Crippen molar-refractivity contribution >= 4 is 0 Å². The van der Waals surface area contributed by atoms with Gasteiger partial charge in [-0.05, 0) is 25.1 Å². The van der Waals surface area contributed by atoms with Crippen molar-refractivity contribution in [2.45, 2.75) is 45.7 Å². The van der Waals surface area contributed by atoms with E-state index in [0.717, 1.165) is 55.6 Å². The van der Waals surface area contributed by atoms with E-state index in [2.05, 4.69) is 53.7 Å². The van der Waals surface area contributed by atoms with Crippen molar-refractivity contribution < 1.29 is 14.0 Å². The fourth-order valence-corrected chi connectivity index (χ4v) is 3.42. The monoisotopic (exact) mass is 388 g/mol. The van der Waals surface area contributed by atoms with Crippen LogP contribution in [0.1, 0.15) is 51.0 Å². The van der Waals surface area contributed by atoms with E-state index in [1.165, 1.54) is 0 Å². The maximum Gasteiger partial charge on any atom is 0.243 e. The van der Waals surface area contributed by atoms with Crippen LogP contribution < -0.4 is 9.47 Å². The van der Waals surface area contributed by atoms with Crippen LogP contribution in [0.15, 0.2) is 22.7 Å². The van der Waals surface area contributed by atoms with Crippen LogP contribution in [0.3, 0.4) is 0 Å². The quantitative estimate of drug-likeness (QED) is 0.752. The molecule has 1 unspecified atom stereocenters. The summed E-state index contributed by atoms with van der Waals surface area (Å²) in [5, 5.41) is 4.16. The van der Waals surface area contributed by atoms with Crippen LogP contribution in [-0.2, 0) is 12.0 Å². The number of piperazine rings is 1. The summed E-state index contributed by atoms with van der Waals surface area (Å²) in [4.78, 5) is 9.46. The van der Waals surface area contributed by atoms with Gasteiger partial charge in [-0.3, -0.25) is 9.80 Å². The van der Waals surface area contributed by atoms with Gasteiger partial charge in [0.1, 0.15) is 11.5 Å². The molecule has 7 heteroatoms. The highest BCUT2D eigenvalue weighted by Crippen LogP contribution is 2.27. The lowest BCUT2D eigenvalue weighted by molar-refractivity contribution is 0.0840. The van der Waals surface area contributed by atoms with Gasteiger partial charge in [-0.25, -0.2) is 0 Å². The predicted molar refractivity (Wildman–Crippen MR) is 108 cm³/mol. The van der Waals surface area contributed by atoms with Crippen LogP contribution in [0, 0.1) is 0 Å². The summed E-state index contributed by atoms with van der Waals surface area (Å²) in [6, 6.07) is 6.07. The molecule has 154 valence electrons. The number of nitrogens with zero attached hydrogens (tertiary/aromatic N) is 4. The lowest BCUT2D eigenvalue weighted by atomic mass is 9.96. The average Bonchev–Trinajstić information content (AvgIpc) is 3.18. The molecule has 1 aliphatic heterocycles. The second-order valence-corrected chi connectivity index (χ2v) is 8.37. The van der Waals surface area contributed by atoms with Crippen LogP contribution in [-0.4, -0.2) is 60.3 Å². The highest BCUT2D eigenvalue weighted by molar-refractivity contribution is 5.40. The van der Waals surface area contributed by atoms with Crippen molar-refractivity contribution in [3.05, 3.63) is 35.5 Å². The Labute approximate surface area is 167 Å². The largest absolute Gasteiger partial charge is 0.497 e. The fourth-order valence-electron chi connectivity index (χ4n) is 3.42. The summed E-state index contributed by atoms with van der Waals surface area (Å²) in [5.74, 6) is 3.22. The van der Waals surface area contributed by atoms with Gasteiger partial charge in [0, 0.05) is 43.7 Å². The van der Waals surface area contributed by atoms with E-state index in [0.29, 0.717) is 5.89 Å². The summed E-state index contributed by atoms with van der Waals surface area (Å²) in [5.41, 5.74) is 1.05. The smallest absolute Gasteiger partial charge is 0.243 e. The minimum Gasteiger partial charge on any atom is -0.497 e. The molecule has 0 bridgehead atoms. The number of aromatic nitrogens is 2. The fraction of sp³-hybridized carbons (Fsp3) is 0.619. The molecule has 0 spiro atoms. The van der Waals surface area contributed by atoms with Gasteiger partial charge in [-0.1, -0.05) is 25.9 Å². The van der Waals surface area contributed by atoms with Crippen molar-refractivity contribution in [2.75, 3.05) is 40.4 Å². The molecule has 1 aromatic carbocycles. The molecule has 0 saturated carbocycles. The summed E-state index contributed by atoms with van der Waals surface area (Å²) >= 11 is 0. The zero-order valence-electron chi connectivity index (χ0n) is 17.9. The van der Waals surface area contributed by atoms with Crippen molar-refractivity contribution in [2.24, 2.45) is 0 Å². The van der Waals surface area contributed by atoms with Gasteiger partial charge in [0.2, 0.25) is 5.89 Å². The molecule has 7 nitrogen and oxygen atoms in total. The molecule has 0 radical (unpaired) electrons. The van der Waals surface area contributed by atoms with E-state index in [1.807, 2.05) is 12.1 Å². The molecule has 2 aromatic rings. The van der Waals surface area contributed by atoms with E-state index in [1.54, 1.807) is 14.2 Å². The number of hydrogen-bond donors (Lipinski definition) is 0. The Bertz CT molecular complexity index is 776. The number of ether oxygens (including phenoxy) is 2. The van der Waals surface area contributed by atoms with Crippen LogP contribution in [0.25, 0.3) is 0 Å². The third kappa shape index (κ3) is 4.64. The van der Waals surface area contributed by atoms with Gasteiger partial charge in [0.05, 0.1) is 20.3 Å². The number of methoxy groups -OCH3 is 2. The standard InChI is InChI=1S/C21H32N4O3/c1-15(19-22-20(23-28-19)21(2,3)4)25-11-9-24(10-12-25)14-16-13-17(26-5)7-8-18(16)27-6/h7-8,13,15H,9-12,14H2,1-6H3. The highest BCUT2D eigenvalue weighted by Gasteiger charge is 2.28. The zero-order valence-corrected chi connectivity index (χ0v) is 17.9. The number of benzene rings is 1. The normalized spacial score (nSPS) is 17.5. The third-order valence-electron chi connectivity index (χ3n) is 5.31. The molecule has 0 amide bonds. The lowest BCUT2D eigenvalue weighted by Crippen LogP contribution is -2.46. The first-order valence-corrected chi connectivity index (χ1v) is 9.83. The first kappa shape index (κ1) is 20.6. The van der Waals surface area contributed by atoms with E-state index >= 15 is 0 Å². The topological polar surface area (TPSA) is 63.9 Å².